The summed E-state index contributed by atoms with van der Waals surface area (Å²) in [6.45, 7) is 4.24. The summed E-state index contributed by atoms with van der Waals surface area (Å²) in [7, 11) is 0. The number of nitrogens with zero attached hydrogens (tertiary/aromatic N) is 3. The van der Waals surface area contributed by atoms with Crippen LogP contribution in [0.3, 0.4) is 0 Å². The first-order chi connectivity index (χ1) is 26.2. The predicted molar refractivity (Wildman–Crippen MR) is 184 cm³/mol. The van der Waals surface area contributed by atoms with E-state index < -0.39 is 54.4 Å². The van der Waals surface area contributed by atoms with Crippen molar-refractivity contribution in [3.63, 3.8) is 0 Å². The molecule has 0 radical (unpaired) electrons. The Kier molecular flexibility index (Phi) is 15.6. The Labute approximate surface area is 316 Å². The van der Waals surface area contributed by atoms with Gasteiger partial charge in [-0.05, 0) is 54.7 Å². The van der Waals surface area contributed by atoms with Crippen LogP contribution in [0.4, 0.5) is 56.7 Å². The zero-order valence-electron chi connectivity index (χ0n) is 29.6. The van der Waals surface area contributed by atoms with E-state index in [0.29, 0.717) is 46.7 Å². The fraction of sp³-hybridized carbons (Fsp3) is 0.353. The Balaban J connectivity index is 0.000000682. The molecule has 9 N–H and O–H groups in total. The molecule has 2 aromatic carbocycles. The molecule has 310 valence electrons. The number of nitrogens with one attached hydrogen (secondary N) is 2. The third-order valence-electron chi connectivity index (χ3n) is 7.57. The zero-order chi connectivity index (χ0) is 43.6. The second-order valence-corrected chi connectivity index (χ2v) is 12.4. The SMILES string of the molecule is CC(C)C[C@H](N)C(=O)Nc1cc(-c2cc(-c3ccccc3O)nc(N)c2C#N)ccc1N1CCC(NC(=O)C(F)(F)F)C1.O=C(O)C(F)(F)F.O=C(O)C(F)(F)F. The normalized spacial score (nSPS) is 14.6. The number of carbonyl (C=O) groups is 4. The van der Waals surface area contributed by atoms with Gasteiger partial charge in [0.05, 0.1) is 23.1 Å². The van der Waals surface area contributed by atoms with Gasteiger partial charge in [0, 0.05) is 30.3 Å². The molecule has 1 aromatic heterocycles. The maximum Gasteiger partial charge on any atom is 0.490 e. The first-order valence-corrected chi connectivity index (χ1v) is 16.1. The molecule has 4 rings (SSSR count). The fourth-order valence-corrected chi connectivity index (χ4v) is 5.02. The van der Waals surface area contributed by atoms with E-state index >= 15 is 0 Å². The van der Waals surface area contributed by atoms with Crippen LogP contribution in [0.25, 0.3) is 22.4 Å². The molecule has 0 spiro atoms. The lowest BCUT2D eigenvalue weighted by Crippen LogP contribution is -2.44. The van der Waals surface area contributed by atoms with Crippen molar-refractivity contribution in [3.8, 4) is 34.2 Å². The average Bonchev–Trinajstić information content (AvgIpc) is 3.55. The highest BCUT2D eigenvalue weighted by molar-refractivity contribution is 5.99. The summed E-state index contributed by atoms with van der Waals surface area (Å²) in [4.78, 5) is 48.4. The number of nitrogen functional groups attached to an aromatic ring is 1. The number of hydrogen-bond acceptors (Lipinski definition) is 10. The highest BCUT2D eigenvalue weighted by Gasteiger charge is 2.41. The van der Waals surface area contributed by atoms with Crippen LogP contribution < -0.4 is 27.0 Å². The number of amides is 2. The van der Waals surface area contributed by atoms with Crippen molar-refractivity contribution in [3.05, 3.63) is 54.1 Å². The van der Waals surface area contributed by atoms with Crippen LogP contribution in [-0.2, 0) is 19.2 Å². The van der Waals surface area contributed by atoms with E-state index in [0.717, 1.165) is 0 Å². The first kappa shape index (κ1) is 46.8. The van der Waals surface area contributed by atoms with Crippen molar-refractivity contribution in [2.45, 2.75) is 57.3 Å². The molecule has 0 saturated carbocycles. The Morgan fingerprint density at radius 1 is 0.930 bits per heavy atom. The quantitative estimate of drug-likeness (QED) is 0.141. The number of alkyl halides is 9. The average molecular weight is 824 g/mol. The third kappa shape index (κ3) is 13.7. The van der Waals surface area contributed by atoms with Crippen LogP contribution >= 0.6 is 0 Å². The van der Waals surface area contributed by atoms with Crippen LogP contribution in [0.5, 0.6) is 5.75 Å². The monoisotopic (exact) mass is 823 g/mol. The van der Waals surface area contributed by atoms with Crippen molar-refractivity contribution in [2.75, 3.05) is 29.0 Å². The van der Waals surface area contributed by atoms with Gasteiger partial charge in [-0.25, -0.2) is 14.6 Å². The Hall–Kier alpha value is -6.31. The molecule has 3 aromatic rings. The van der Waals surface area contributed by atoms with E-state index in [1.807, 2.05) is 19.2 Å². The number of aromatic hydroxyl groups is 1. The lowest BCUT2D eigenvalue weighted by molar-refractivity contribution is -0.193. The molecule has 2 amide bonds. The highest BCUT2D eigenvalue weighted by atomic mass is 19.4. The number of carboxylic acid groups (broad SMARTS) is 2. The minimum atomic E-state index is -5.08. The van der Waals surface area contributed by atoms with Crippen molar-refractivity contribution < 1.29 is 74.0 Å². The van der Waals surface area contributed by atoms with Crippen molar-refractivity contribution in [1.82, 2.24) is 10.3 Å². The fourth-order valence-electron chi connectivity index (χ4n) is 5.02. The third-order valence-corrected chi connectivity index (χ3v) is 7.57. The van der Waals surface area contributed by atoms with Gasteiger partial charge >= 0.3 is 36.4 Å². The van der Waals surface area contributed by atoms with E-state index in [1.165, 1.54) is 6.07 Å². The number of carbonyl (C=O) groups excluding carboxylic acids is 2. The number of aliphatic carboxylic acids is 2. The number of anilines is 3. The number of hydrogen-bond donors (Lipinski definition) is 7. The number of nitriles is 1. The molecule has 2 heterocycles. The molecule has 0 aliphatic carbocycles. The summed E-state index contributed by atoms with van der Waals surface area (Å²) < 4.78 is 102. The Morgan fingerprint density at radius 2 is 1.49 bits per heavy atom. The van der Waals surface area contributed by atoms with E-state index in [4.69, 9.17) is 31.3 Å². The minimum Gasteiger partial charge on any atom is -0.507 e. The highest BCUT2D eigenvalue weighted by Crippen LogP contribution is 2.38. The smallest absolute Gasteiger partial charge is 0.490 e. The summed E-state index contributed by atoms with van der Waals surface area (Å²) in [6.07, 6.45) is -14.5. The number of phenols is 1. The molecule has 1 saturated heterocycles. The molecule has 1 fully saturated rings. The summed E-state index contributed by atoms with van der Waals surface area (Å²) in [6, 6.07) is 13.6. The van der Waals surface area contributed by atoms with Gasteiger partial charge in [0.2, 0.25) is 5.91 Å². The van der Waals surface area contributed by atoms with E-state index in [9.17, 15) is 59.5 Å². The number of carboxylic acids is 2. The molecule has 1 aliphatic rings. The van der Waals surface area contributed by atoms with Crippen LogP contribution in [0.1, 0.15) is 32.3 Å². The molecular weight excluding hydrogens is 789 g/mol. The Bertz CT molecular complexity index is 1960. The van der Waals surface area contributed by atoms with E-state index in [-0.39, 0.29) is 36.0 Å². The molecule has 23 heteroatoms. The van der Waals surface area contributed by atoms with Gasteiger partial charge in [-0.3, -0.25) is 9.59 Å². The van der Waals surface area contributed by atoms with Gasteiger partial charge < -0.3 is 42.3 Å². The molecule has 57 heavy (non-hydrogen) atoms. The summed E-state index contributed by atoms with van der Waals surface area (Å²) in [5.41, 5.74) is 14.8. The van der Waals surface area contributed by atoms with Gasteiger partial charge in [-0.2, -0.15) is 44.8 Å². The van der Waals surface area contributed by atoms with Gasteiger partial charge in [-0.15, -0.1) is 0 Å². The van der Waals surface area contributed by atoms with Gasteiger partial charge in [0.15, 0.2) is 0 Å². The molecular formula is C34H34F9N7O7. The van der Waals surface area contributed by atoms with Crippen molar-refractivity contribution >= 4 is 40.9 Å². The number of halogens is 9. The molecule has 14 nitrogen and oxygen atoms in total. The molecule has 2 atom stereocenters. The number of para-hydroxylation sites is 1. The van der Waals surface area contributed by atoms with Gasteiger partial charge in [0.25, 0.3) is 0 Å². The summed E-state index contributed by atoms with van der Waals surface area (Å²) in [5, 5.41) is 39.4. The van der Waals surface area contributed by atoms with Crippen molar-refractivity contribution in [2.24, 2.45) is 11.7 Å². The summed E-state index contributed by atoms with van der Waals surface area (Å²) in [5.74, 6) is -7.93. The summed E-state index contributed by atoms with van der Waals surface area (Å²) >= 11 is 0. The number of benzene rings is 2. The Morgan fingerprint density at radius 3 is 1.98 bits per heavy atom. The van der Waals surface area contributed by atoms with Gasteiger partial charge in [0.1, 0.15) is 23.2 Å². The topological polar surface area (TPSA) is 245 Å². The van der Waals surface area contributed by atoms with Crippen LogP contribution in [0, 0.1) is 17.2 Å². The minimum absolute atomic E-state index is 0.0336. The number of phenolic OH excluding ortho intramolecular Hbond substituents is 1. The number of nitrogens with two attached hydrogens (primary N) is 2. The van der Waals surface area contributed by atoms with E-state index in [1.54, 1.807) is 47.4 Å². The predicted octanol–water partition coefficient (Wildman–Crippen LogP) is 5.41. The second kappa shape index (κ2) is 19.0. The largest absolute Gasteiger partial charge is 0.507 e. The molecule has 0 bridgehead atoms. The number of pyridine rings is 1. The van der Waals surface area contributed by atoms with Crippen molar-refractivity contribution in [1.29, 1.82) is 5.26 Å². The lowest BCUT2D eigenvalue weighted by atomic mass is 9.97. The van der Waals surface area contributed by atoms with E-state index in [2.05, 4.69) is 16.4 Å². The first-order valence-electron chi connectivity index (χ1n) is 16.1. The maximum atomic E-state index is 13.1. The van der Waals surface area contributed by atoms with Crippen LogP contribution in [0.15, 0.2) is 48.5 Å². The standard InChI is InChI=1S/C30H32F3N7O3.2C2HF3O2/c1-16(2)11-22(35)28(42)39-24-12-17(7-8-25(24)40-10-9-18(15-40)37-29(43)30(31,32)33)20-13-23(38-27(36)21(20)14-34)19-5-3-4-6-26(19)41;2*3-2(4,5)1(6)7/h3-8,12-13,16,18,22,41H,9-11,15,35H2,1-2H3,(H2,36,38)(H,37,43)(H,39,42);2*(H,6,7)/t18?,22-;;/m0../s1. The molecule has 1 unspecified atom stereocenters. The van der Waals surface area contributed by atoms with Gasteiger partial charge in [-0.1, -0.05) is 32.0 Å². The number of rotatable bonds is 8. The molecule has 1 aliphatic heterocycles. The number of aromatic nitrogens is 1. The lowest BCUT2D eigenvalue weighted by Gasteiger charge is -2.24. The van der Waals surface area contributed by atoms with Crippen LogP contribution in [-0.4, -0.2) is 87.8 Å². The maximum absolute atomic E-state index is 13.1. The van der Waals surface area contributed by atoms with Crippen LogP contribution in [0.2, 0.25) is 0 Å². The second-order valence-electron chi connectivity index (χ2n) is 12.4. The zero-order valence-corrected chi connectivity index (χ0v) is 29.6.